The van der Waals surface area contributed by atoms with Crippen molar-refractivity contribution in [2.75, 3.05) is 6.54 Å². The SMILES string of the molecule is C=CCNC(CC)S(=O)(=O)O. The fraction of sp³-hybridized carbons (Fsp3) is 0.667. The van der Waals surface area contributed by atoms with Gasteiger partial charge in [0.1, 0.15) is 5.37 Å². The second kappa shape index (κ2) is 4.48. The largest absolute Gasteiger partial charge is 0.296 e. The van der Waals surface area contributed by atoms with E-state index < -0.39 is 15.5 Å². The van der Waals surface area contributed by atoms with Crippen LogP contribution in [-0.2, 0) is 10.1 Å². The molecule has 0 fully saturated rings. The van der Waals surface area contributed by atoms with Crippen LogP contribution in [0.5, 0.6) is 0 Å². The molecule has 66 valence electrons. The third-order valence-corrected chi connectivity index (χ3v) is 2.44. The molecule has 0 aliphatic rings. The lowest BCUT2D eigenvalue weighted by molar-refractivity contribution is 0.450. The lowest BCUT2D eigenvalue weighted by atomic mass is 10.4. The van der Waals surface area contributed by atoms with Crippen molar-refractivity contribution in [1.82, 2.24) is 5.32 Å². The Kier molecular flexibility index (Phi) is 4.32. The van der Waals surface area contributed by atoms with Crippen LogP contribution >= 0.6 is 0 Å². The van der Waals surface area contributed by atoms with Crippen LogP contribution in [0.15, 0.2) is 12.7 Å². The molecule has 0 aliphatic carbocycles. The number of nitrogens with one attached hydrogen (secondary N) is 1. The molecular formula is C6H13NO3S. The van der Waals surface area contributed by atoms with Gasteiger partial charge in [0.05, 0.1) is 0 Å². The quantitative estimate of drug-likeness (QED) is 0.473. The van der Waals surface area contributed by atoms with Gasteiger partial charge >= 0.3 is 0 Å². The topological polar surface area (TPSA) is 66.4 Å². The van der Waals surface area contributed by atoms with Crippen molar-refractivity contribution in [2.45, 2.75) is 18.7 Å². The normalized spacial score (nSPS) is 14.4. The first-order valence-electron chi connectivity index (χ1n) is 3.33. The molecule has 0 aromatic heterocycles. The summed E-state index contributed by atoms with van der Waals surface area (Å²) in [6, 6.07) is 0. The van der Waals surface area contributed by atoms with Crippen LogP contribution < -0.4 is 5.32 Å². The van der Waals surface area contributed by atoms with E-state index in [9.17, 15) is 8.42 Å². The number of rotatable bonds is 5. The summed E-state index contributed by atoms with van der Waals surface area (Å²) in [4.78, 5) is 0. The van der Waals surface area contributed by atoms with E-state index in [1.165, 1.54) is 6.08 Å². The summed E-state index contributed by atoms with van der Waals surface area (Å²) >= 11 is 0. The Morgan fingerprint density at radius 3 is 2.55 bits per heavy atom. The molecule has 0 spiro atoms. The van der Waals surface area contributed by atoms with Crippen LogP contribution in [0, 0.1) is 0 Å². The van der Waals surface area contributed by atoms with Gasteiger partial charge in [-0.2, -0.15) is 8.42 Å². The maximum Gasteiger partial charge on any atom is 0.281 e. The second-order valence-corrected chi connectivity index (χ2v) is 3.71. The molecule has 0 rings (SSSR count). The van der Waals surface area contributed by atoms with Gasteiger partial charge in [0, 0.05) is 6.54 Å². The van der Waals surface area contributed by atoms with E-state index in [4.69, 9.17) is 4.55 Å². The van der Waals surface area contributed by atoms with Crippen LogP contribution in [-0.4, -0.2) is 24.9 Å². The van der Waals surface area contributed by atoms with E-state index in [1.54, 1.807) is 6.92 Å². The molecule has 0 aliphatic heterocycles. The van der Waals surface area contributed by atoms with Crippen LogP contribution in [0.4, 0.5) is 0 Å². The third kappa shape index (κ3) is 4.13. The Hall–Kier alpha value is -0.390. The Labute approximate surface area is 67.1 Å². The van der Waals surface area contributed by atoms with Crippen molar-refractivity contribution >= 4 is 10.1 Å². The van der Waals surface area contributed by atoms with Gasteiger partial charge in [0.15, 0.2) is 0 Å². The minimum absolute atomic E-state index is 0.340. The van der Waals surface area contributed by atoms with E-state index in [2.05, 4.69) is 11.9 Å². The summed E-state index contributed by atoms with van der Waals surface area (Å²) < 4.78 is 29.6. The summed E-state index contributed by atoms with van der Waals surface area (Å²) in [5.41, 5.74) is 0. The van der Waals surface area contributed by atoms with Crippen LogP contribution in [0.3, 0.4) is 0 Å². The van der Waals surface area contributed by atoms with Gasteiger partial charge in [-0.15, -0.1) is 6.58 Å². The highest BCUT2D eigenvalue weighted by atomic mass is 32.2. The van der Waals surface area contributed by atoms with Gasteiger partial charge in [0.2, 0.25) is 0 Å². The first-order valence-corrected chi connectivity index (χ1v) is 4.83. The standard InChI is InChI=1S/C6H13NO3S/c1-3-5-7-6(4-2)11(8,9)10/h3,6-7H,1,4-5H2,2H3,(H,8,9,10). The first-order chi connectivity index (χ1) is 5.02. The summed E-state index contributed by atoms with van der Waals surface area (Å²) in [6.07, 6.45) is 1.88. The maximum absolute atomic E-state index is 10.5. The molecule has 1 unspecified atom stereocenters. The minimum Gasteiger partial charge on any atom is -0.296 e. The molecule has 0 radical (unpaired) electrons. The van der Waals surface area contributed by atoms with Crippen molar-refractivity contribution in [2.24, 2.45) is 0 Å². The zero-order valence-electron chi connectivity index (χ0n) is 6.45. The van der Waals surface area contributed by atoms with Gasteiger partial charge in [0.25, 0.3) is 10.1 Å². The fourth-order valence-electron chi connectivity index (χ4n) is 0.675. The van der Waals surface area contributed by atoms with Crippen LogP contribution in [0.1, 0.15) is 13.3 Å². The van der Waals surface area contributed by atoms with E-state index in [1.807, 2.05) is 0 Å². The summed E-state index contributed by atoms with van der Waals surface area (Å²) in [6.45, 7) is 5.46. The second-order valence-electron chi connectivity index (χ2n) is 2.11. The van der Waals surface area contributed by atoms with E-state index >= 15 is 0 Å². The average molecular weight is 179 g/mol. The molecule has 0 aromatic carbocycles. The molecule has 2 N–H and O–H groups in total. The molecule has 0 amide bonds. The van der Waals surface area contributed by atoms with Gasteiger partial charge < -0.3 is 0 Å². The number of hydrogen-bond donors (Lipinski definition) is 2. The smallest absolute Gasteiger partial charge is 0.281 e. The van der Waals surface area contributed by atoms with Crippen LogP contribution in [0.2, 0.25) is 0 Å². The third-order valence-electron chi connectivity index (χ3n) is 1.22. The van der Waals surface area contributed by atoms with Gasteiger partial charge in [-0.05, 0) is 6.42 Å². The molecule has 0 saturated heterocycles. The monoisotopic (exact) mass is 179 g/mol. The zero-order valence-corrected chi connectivity index (χ0v) is 7.26. The van der Waals surface area contributed by atoms with Crippen molar-refractivity contribution in [1.29, 1.82) is 0 Å². The lowest BCUT2D eigenvalue weighted by Crippen LogP contribution is -2.35. The molecule has 1 atom stereocenters. The van der Waals surface area contributed by atoms with Gasteiger partial charge in [-0.1, -0.05) is 13.0 Å². The predicted molar refractivity (Wildman–Crippen MR) is 43.8 cm³/mol. The van der Waals surface area contributed by atoms with Crippen molar-refractivity contribution in [3.05, 3.63) is 12.7 Å². The molecule has 11 heavy (non-hydrogen) atoms. The highest BCUT2D eigenvalue weighted by Gasteiger charge is 2.18. The highest BCUT2D eigenvalue weighted by Crippen LogP contribution is 1.98. The van der Waals surface area contributed by atoms with Crippen LogP contribution in [0.25, 0.3) is 0 Å². The molecule has 0 bridgehead atoms. The van der Waals surface area contributed by atoms with E-state index in [0.717, 1.165) is 0 Å². The van der Waals surface area contributed by atoms with Crippen molar-refractivity contribution in [3.63, 3.8) is 0 Å². The van der Waals surface area contributed by atoms with E-state index in [-0.39, 0.29) is 0 Å². The molecule has 0 saturated carbocycles. The average Bonchev–Trinajstić information content (AvgIpc) is 1.87. The fourth-order valence-corrected chi connectivity index (χ4v) is 1.40. The Morgan fingerprint density at radius 2 is 2.27 bits per heavy atom. The molecule has 4 nitrogen and oxygen atoms in total. The Balaban J connectivity index is 4.07. The molecule has 0 aromatic rings. The maximum atomic E-state index is 10.5. The summed E-state index contributed by atoms with van der Waals surface area (Å²) in [5.74, 6) is 0. The summed E-state index contributed by atoms with van der Waals surface area (Å²) in [7, 11) is -3.95. The summed E-state index contributed by atoms with van der Waals surface area (Å²) in [5, 5.41) is 1.73. The number of hydrogen-bond acceptors (Lipinski definition) is 3. The van der Waals surface area contributed by atoms with Gasteiger partial charge in [-0.3, -0.25) is 9.87 Å². The van der Waals surface area contributed by atoms with E-state index in [0.29, 0.717) is 13.0 Å². The van der Waals surface area contributed by atoms with Crippen molar-refractivity contribution < 1.29 is 13.0 Å². The first kappa shape index (κ1) is 10.6. The van der Waals surface area contributed by atoms with Crippen molar-refractivity contribution in [3.8, 4) is 0 Å². The van der Waals surface area contributed by atoms with Gasteiger partial charge in [-0.25, -0.2) is 0 Å². The predicted octanol–water partition coefficient (Wildman–Crippen LogP) is 0.386. The Bertz CT molecular complexity index is 210. The highest BCUT2D eigenvalue weighted by molar-refractivity contribution is 7.86. The zero-order chi connectivity index (χ0) is 8.91. The molecule has 0 heterocycles. The molecule has 5 heteroatoms. The molecular weight excluding hydrogens is 166 g/mol. The lowest BCUT2D eigenvalue weighted by Gasteiger charge is -2.11. The minimum atomic E-state index is -3.95. The Morgan fingerprint density at radius 1 is 1.73 bits per heavy atom.